The Bertz CT molecular complexity index is 357. The average Bonchev–Trinajstić information content (AvgIpc) is 2.15. The summed E-state index contributed by atoms with van der Waals surface area (Å²) in [6.07, 6.45) is 0. The lowest BCUT2D eigenvalue weighted by atomic mass is 10.1. The van der Waals surface area contributed by atoms with Gasteiger partial charge in [0.2, 0.25) is 0 Å². The minimum atomic E-state index is 0.372. The molecule has 2 nitrogen and oxygen atoms in total. The van der Waals surface area contributed by atoms with E-state index in [1.807, 2.05) is 24.3 Å². The first-order chi connectivity index (χ1) is 6.24. The molecule has 1 rings (SSSR count). The summed E-state index contributed by atoms with van der Waals surface area (Å²) in [5, 5.41) is 0. The van der Waals surface area contributed by atoms with Crippen LogP contribution in [0.1, 0.15) is 11.1 Å². The third-order valence-corrected chi connectivity index (χ3v) is 1.74. The van der Waals surface area contributed by atoms with Crippen LogP contribution >= 0.6 is 12.2 Å². The van der Waals surface area contributed by atoms with Crippen LogP contribution in [0.4, 0.5) is 0 Å². The maximum Gasteiger partial charge on any atom is 0.103 e. The van der Waals surface area contributed by atoms with Crippen molar-refractivity contribution in [1.82, 2.24) is 0 Å². The van der Waals surface area contributed by atoms with E-state index in [1.54, 1.807) is 0 Å². The minimum Gasteiger partial charge on any atom is -0.389 e. The largest absolute Gasteiger partial charge is 0.389 e. The van der Waals surface area contributed by atoms with Crippen LogP contribution in [0.5, 0.6) is 0 Å². The predicted molar refractivity (Wildman–Crippen MR) is 58.3 cm³/mol. The Morgan fingerprint density at radius 3 is 2.38 bits per heavy atom. The highest BCUT2D eigenvalue weighted by Gasteiger charge is 1.93. The summed E-state index contributed by atoms with van der Waals surface area (Å²) in [5.74, 6) is 5.68. The molecule has 1 aromatic carbocycles. The highest BCUT2D eigenvalue weighted by atomic mass is 32.1. The summed E-state index contributed by atoms with van der Waals surface area (Å²) in [5.41, 5.74) is 12.5. The van der Waals surface area contributed by atoms with E-state index >= 15 is 0 Å². The van der Waals surface area contributed by atoms with Gasteiger partial charge in [0.25, 0.3) is 0 Å². The lowest BCUT2D eigenvalue weighted by Crippen LogP contribution is -2.08. The number of thiocarbonyl (C=S) groups is 1. The van der Waals surface area contributed by atoms with Gasteiger partial charge in [-0.1, -0.05) is 36.2 Å². The number of nitrogens with two attached hydrogens (primary N) is 2. The molecule has 0 aliphatic rings. The van der Waals surface area contributed by atoms with Crippen LogP contribution in [0.15, 0.2) is 24.3 Å². The van der Waals surface area contributed by atoms with E-state index in [9.17, 15) is 0 Å². The molecular weight excluding hydrogens is 180 g/mol. The maximum absolute atomic E-state index is 5.44. The molecule has 0 saturated carbocycles. The zero-order chi connectivity index (χ0) is 9.68. The van der Waals surface area contributed by atoms with Crippen LogP contribution in [-0.2, 0) is 0 Å². The van der Waals surface area contributed by atoms with Gasteiger partial charge in [0.1, 0.15) is 4.99 Å². The van der Waals surface area contributed by atoms with E-state index in [0.29, 0.717) is 11.5 Å². The fraction of sp³-hybridized carbons (Fsp3) is 0.100. The second-order valence-electron chi connectivity index (χ2n) is 2.45. The first-order valence-electron chi connectivity index (χ1n) is 3.83. The maximum atomic E-state index is 5.44. The smallest absolute Gasteiger partial charge is 0.103 e. The van der Waals surface area contributed by atoms with Gasteiger partial charge in [-0.15, -0.1) is 0 Å². The van der Waals surface area contributed by atoms with Gasteiger partial charge in [0, 0.05) is 11.1 Å². The molecule has 0 heterocycles. The number of hydrogen-bond donors (Lipinski definition) is 2. The van der Waals surface area contributed by atoms with Gasteiger partial charge in [-0.3, -0.25) is 0 Å². The Hall–Kier alpha value is -1.37. The van der Waals surface area contributed by atoms with E-state index in [1.165, 1.54) is 0 Å². The van der Waals surface area contributed by atoms with Crippen LogP contribution in [-0.4, -0.2) is 11.5 Å². The van der Waals surface area contributed by atoms with E-state index < -0.39 is 0 Å². The van der Waals surface area contributed by atoms with Crippen molar-refractivity contribution in [2.24, 2.45) is 11.5 Å². The Balaban J connectivity index is 2.87. The van der Waals surface area contributed by atoms with Crippen LogP contribution in [0.25, 0.3) is 0 Å². The van der Waals surface area contributed by atoms with Gasteiger partial charge in [-0.25, -0.2) is 0 Å². The molecule has 13 heavy (non-hydrogen) atoms. The molecule has 0 bridgehead atoms. The quantitative estimate of drug-likeness (QED) is 0.504. The van der Waals surface area contributed by atoms with Crippen molar-refractivity contribution in [2.75, 3.05) is 6.54 Å². The zero-order valence-electron chi connectivity index (χ0n) is 7.08. The van der Waals surface area contributed by atoms with Crippen molar-refractivity contribution in [3.05, 3.63) is 35.4 Å². The first kappa shape index (κ1) is 9.72. The minimum absolute atomic E-state index is 0.372. The Kier molecular flexibility index (Phi) is 3.44. The van der Waals surface area contributed by atoms with Crippen molar-refractivity contribution in [1.29, 1.82) is 0 Å². The van der Waals surface area contributed by atoms with Gasteiger partial charge in [-0.2, -0.15) is 0 Å². The van der Waals surface area contributed by atoms with E-state index in [-0.39, 0.29) is 0 Å². The van der Waals surface area contributed by atoms with Gasteiger partial charge in [-0.05, 0) is 12.1 Å². The third kappa shape index (κ3) is 2.86. The van der Waals surface area contributed by atoms with Crippen LogP contribution in [0.2, 0.25) is 0 Å². The Labute approximate surface area is 82.9 Å². The second kappa shape index (κ2) is 4.61. The number of rotatable bonds is 1. The first-order valence-corrected chi connectivity index (χ1v) is 4.23. The summed E-state index contributed by atoms with van der Waals surface area (Å²) in [6.45, 7) is 0.372. The van der Waals surface area contributed by atoms with E-state index in [4.69, 9.17) is 23.7 Å². The molecule has 1 aromatic rings. The van der Waals surface area contributed by atoms with Gasteiger partial charge in [0.15, 0.2) is 0 Å². The molecule has 0 saturated heterocycles. The predicted octanol–water partition coefficient (Wildman–Crippen LogP) is 0.631. The molecule has 0 atom stereocenters. The zero-order valence-corrected chi connectivity index (χ0v) is 7.90. The summed E-state index contributed by atoms with van der Waals surface area (Å²) >= 11 is 4.81. The second-order valence-corrected chi connectivity index (χ2v) is 2.89. The number of hydrogen-bond acceptors (Lipinski definition) is 2. The highest BCUT2D eigenvalue weighted by molar-refractivity contribution is 7.80. The lowest BCUT2D eigenvalue weighted by molar-refractivity contribution is 1.30. The van der Waals surface area contributed by atoms with Crippen molar-refractivity contribution in [3.63, 3.8) is 0 Å². The van der Waals surface area contributed by atoms with Crippen molar-refractivity contribution < 1.29 is 0 Å². The molecule has 0 aliphatic heterocycles. The molecule has 0 unspecified atom stereocenters. The van der Waals surface area contributed by atoms with Gasteiger partial charge in [0.05, 0.1) is 6.54 Å². The molecule has 3 heteroatoms. The van der Waals surface area contributed by atoms with Crippen molar-refractivity contribution in [2.45, 2.75) is 0 Å². The average molecular weight is 190 g/mol. The van der Waals surface area contributed by atoms with Gasteiger partial charge >= 0.3 is 0 Å². The molecular formula is C10H10N2S. The molecule has 4 N–H and O–H groups in total. The molecule has 0 radical (unpaired) electrons. The SMILES string of the molecule is NCC#Cc1ccc(C(N)=S)cc1. The Morgan fingerprint density at radius 1 is 1.31 bits per heavy atom. The highest BCUT2D eigenvalue weighted by Crippen LogP contribution is 2.02. The Morgan fingerprint density at radius 2 is 1.92 bits per heavy atom. The molecule has 0 aromatic heterocycles. The van der Waals surface area contributed by atoms with Crippen molar-refractivity contribution in [3.8, 4) is 11.8 Å². The van der Waals surface area contributed by atoms with Crippen LogP contribution in [0, 0.1) is 11.8 Å². The lowest BCUT2D eigenvalue weighted by Gasteiger charge is -1.96. The summed E-state index contributed by atoms with van der Waals surface area (Å²) < 4.78 is 0. The van der Waals surface area contributed by atoms with Crippen molar-refractivity contribution >= 4 is 17.2 Å². The summed E-state index contributed by atoms with van der Waals surface area (Å²) in [4.78, 5) is 0.401. The third-order valence-electron chi connectivity index (χ3n) is 1.50. The molecule has 66 valence electrons. The fourth-order valence-corrected chi connectivity index (χ4v) is 1.01. The fourth-order valence-electron chi connectivity index (χ4n) is 0.871. The summed E-state index contributed by atoms with van der Waals surface area (Å²) in [6, 6.07) is 7.44. The van der Waals surface area contributed by atoms with E-state index in [0.717, 1.165) is 11.1 Å². The van der Waals surface area contributed by atoms with Gasteiger partial charge < -0.3 is 11.5 Å². The molecule has 0 fully saturated rings. The number of benzene rings is 1. The van der Waals surface area contributed by atoms with Crippen LogP contribution < -0.4 is 11.5 Å². The topological polar surface area (TPSA) is 52.0 Å². The summed E-state index contributed by atoms with van der Waals surface area (Å²) in [7, 11) is 0. The van der Waals surface area contributed by atoms with E-state index in [2.05, 4.69) is 11.8 Å². The normalized spacial score (nSPS) is 8.69. The monoisotopic (exact) mass is 190 g/mol. The molecule has 0 aliphatic carbocycles. The molecule has 0 spiro atoms. The standard InChI is InChI=1S/C10H10N2S/c11-7-1-2-8-3-5-9(6-4-8)10(12)13/h3-6H,7,11H2,(H2,12,13). The van der Waals surface area contributed by atoms with Crippen LogP contribution in [0.3, 0.4) is 0 Å². The molecule has 0 amide bonds.